The molecule has 0 bridgehead atoms. The largest absolute Gasteiger partial charge is 0.437 e. The van der Waals surface area contributed by atoms with E-state index >= 15 is 0 Å². The van der Waals surface area contributed by atoms with Crippen molar-refractivity contribution < 1.29 is 9.53 Å². The number of allylic oxidation sites excluding steroid dienone is 1. The summed E-state index contributed by atoms with van der Waals surface area (Å²) >= 11 is 0. The molecule has 0 aromatic heterocycles. The third-order valence-corrected chi connectivity index (χ3v) is 0.882. The average molecular weight is 114 g/mol. The van der Waals surface area contributed by atoms with Gasteiger partial charge in [0.2, 0.25) is 0 Å². The van der Waals surface area contributed by atoms with Crippen molar-refractivity contribution in [3.63, 3.8) is 0 Å². The lowest BCUT2D eigenvalue weighted by molar-refractivity contribution is -0.123. The molecular weight excluding hydrogens is 104 g/mol. The van der Waals surface area contributed by atoms with Crippen LogP contribution in [0, 0.1) is 0 Å². The second-order valence-electron chi connectivity index (χ2n) is 1.55. The van der Waals surface area contributed by atoms with Gasteiger partial charge in [0.1, 0.15) is 0 Å². The van der Waals surface area contributed by atoms with Gasteiger partial charge in [-0.05, 0) is 18.9 Å². The van der Waals surface area contributed by atoms with E-state index in [-0.39, 0.29) is 0 Å². The quantitative estimate of drug-likeness (QED) is 0.410. The smallest absolute Gasteiger partial charge is 0.297 e. The molecule has 0 fully saturated rings. The zero-order valence-corrected chi connectivity index (χ0v) is 5.18. The second-order valence-corrected chi connectivity index (χ2v) is 1.55. The normalized spacial score (nSPS) is 11.0. The first-order valence-electron chi connectivity index (χ1n) is 2.56. The highest BCUT2D eigenvalue weighted by Crippen LogP contribution is 1.95. The molecule has 0 aromatic carbocycles. The first-order chi connectivity index (χ1) is 3.81. The molecule has 0 aliphatic heterocycles. The molecular formula is C6H10O2. The summed E-state index contributed by atoms with van der Waals surface area (Å²) in [5.41, 5.74) is 1.07. The number of carbonyl (C=O) groups excluding carboxylic acids is 1. The molecule has 0 rings (SSSR count). The van der Waals surface area contributed by atoms with Crippen LogP contribution in [0.3, 0.4) is 0 Å². The van der Waals surface area contributed by atoms with Crippen molar-refractivity contribution in [2.45, 2.75) is 20.3 Å². The standard InChI is InChI=1S/C6H10O2/c1-3-6(2)4-8-5-7/h4-5H,3H2,1-2H3/b6-4+. The summed E-state index contributed by atoms with van der Waals surface area (Å²) in [6.45, 7) is 4.32. The molecule has 0 saturated carbocycles. The summed E-state index contributed by atoms with van der Waals surface area (Å²) in [5.74, 6) is 0. The Morgan fingerprint density at radius 1 is 1.75 bits per heavy atom. The van der Waals surface area contributed by atoms with Gasteiger partial charge >= 0.3 is 0 Å². The lowest BCUT2D eigenvalue weighted by Gasteiger charge is -1.89. The van der Waals surface area contributed by atoms with E-state index in [0.717, 1.165) is 12.0 Å². The molecule has 0 heterocycles. The molecule has 0 saturated heterocycles. The summed E-state index contributed by atoms with van der Waals surface area (Å²) in [6, 6.07) is 0. The molecule has 2 heteroatoms. The van der Waals surface area contributed by atoms with Crippen molar-refractivity contribution in [1.82, 2.24) is 0 Å². The number of rotatable bonds is 3. The van der Waals surface area contributed by atoms with Crippen LogP contribution in [0.15, 0.2) is 11.8 Å². The fourth-order valence-electron chi connectivity index (χ4n) is 0.227. The Hall–Kier alpha value is -0.790. The van der Waals surface area contributed by atoms with Crippen LogP contribution in [-0.2, 0) is 9.53 Å². The van der Waals surface area contributed by atoms with E-state index < -0.39 is 0 Å². The van der Waals surface area contributed by atoms with Gasteiger partial charge in [0.05, 0.1) is 6.26 Å². The summed E-state index contributed by atoms with van der Waals surface area (Å²) in [6.07, 6.45) is 2.38. The SMILES string of the molecule is CC/C(C)=C/OC=O. The Morgan fingerprint density at radius 2 is 2.38 bits per heavy atom. The van der Waals surface area contributed by atoms with Gasteiger partial charge in [0.25, 0.3) is 6.47 Å². The highest BCUT2D eigenvalue weighted by atomic mass is 16.5. The van der Waals surface area contributed by atoms with E-state index in [0.29, 0.717) is 6.47 Å². The maximum Gasteiger partial charge on any atom is 0.297 e. The predicted octanol–water partition coefficient (Wildman–Crippen LogP) is 1.47. The van der Waals surface area contributed by atoms with Crippen LogP contribution in [-0.4, -0.2) is 6.47 Å². The van der Waals surface area contributed by atoms with E-state index in [4.69, 9.17) is 0 Å². The van der Waals surface area contributed by atoms with Crippen LogP contribution in [0.25, 0.3) is 0 Å². The lowest BCUT2D eigenvalue weighted by atomic mass is 10.3. The van der Waals surface area contributed by atoms with Gasteiger partial charge in [-0.25, -0.2) is 0 Å². The second kappa shape index (κ2) is 4.37. The molecule has 0 spiro atoms. The zero-order chi connectivity index (χ0) is 6.41. The molecule has 0 aliphatic rings. The van der Waals surface area contributed by atoms with E-state index in [9.17, 15) is 4.79 Å². The van der Waals surface area contributed by atoms with Gasteiger partial charge in [-0.2, -0.15) is 0 Å². The highest BCUT2D eigenvalue weighted by Gasteiger charge is 1.79. The predicted molar refractivity (Wildman–Crippen MR) is 31.2 cm³/mol. The summed E-state index contributed by atoms with van der Waals surface area (Å²) in [4.78, 5) is 9.56. The fraction of sp³-hybridized carbons (Fsp3) is 0.500. The molecule has 8 heavy (non-hydrogen) atoms. The van der Waals surface area contributed by atoms with Gasteiger partial charge in [0.15, 0.2) is 0 Å². The zero-order valence-electron chi connectivity index (χ0n) is 5.18. The minimum absolute atomic E-state index is 0.416. The van der Waals surface area contributed by atoms with E-state index in [1.165, 1.54) is 6.26 Å². The summed E-state index contributed by atoms with van der Waals surface area (Å²) < 4.78 is 4.34. The monoisotopic (exact) mass is 114 g/mol. The maximum absolute atomic E-state index is 9.56. The molecule has 0 N–H and O–H groups in total. The van der Waals surface area contributed by atoms with Gasteiger partial charge < -0.3 is 4.74 Å². The fourth-order valence-corrected chi connectivity index (χ4v) is 0.227. The topological polar surface area (TPSA) is 26.3 Å². The van der Waals surface area contributed by atoms with Crippen molar-refractivity contribution in [3.05, 3.63) is 11.8 Å². The Labute approximate surface area is 49.1 Å². The van der Waals surface area contributed by atoms with Gasteiger partial charge in [-0.1, -0.05) is 6.92 Å². The lowest BCUT2D eigenvalue weighted by Crippen LogP contribution is -1.76. The first-order valence-corrected chi connectivity index (χ1v) is 2.56. The molecule has 0 unspecified atom stereocenters. The highest BCUT2D eigenvalue weighted by molar-refractivity contribution is 5.38. The molecule has 0 amide bonds. The van der Waals surface area contributed by atoms with Crippen LogP contribution in [0.5, 0.6) is 0 Å². The van der Waals surface area contributed by atoms with Gasteiger partial charge in [-0.15, -0.1) is 0 Å². The molecule has 2 nitrogen and oxygen atoms in total. The van der Waals surface area contributed by atoms with Crippen molar-refractivity contribution in [2.75, 3.05) is 0 Å². The Balaban J connectivity index is 3.40. The van der Waals surface area contributed by atoms with Crippen LogP contribution < -0.4 is 0 Å². The molecule has 0 aromatic rings. The van der Waals surface area contributed by atoms with E-state index in [1.54, 1.807) is 0 Å². The first kappa shape index (κ1) is 7.21. The Morgan fingerprint density at radius 3 is 2.75 bits per heavy atom. The summed E-state index contributed by atoms with van der Waals surface area (Å²) in [7, 11) is 0. The Kier molecular flexibility index (Phi) is 3.94. The van der Waals surface area contributed by atoms with Crippen molar-refractivity contribution in [1.29, 1.82) is 0 Å². The minimum atomic E-state index is 0.416. The minimum Gasteiger partial charge on any atom is -0.437 e. The van der Waals surface area contributed by atoms with Crippen LogP contribution >= 0.6 is 0 Å². The summed E-state index contributed by atoms with van der Waals surface area (Å²) in [5, 5.41) is 0. The number of ether oxygens (including phenoxy) is 1. The maximum atomic E-state index is 9.56. The van der Waals surface area contributed by atoms with Crippen LogP contribution in [0.4, 0.5) is 0 Å². The number of carbonyl (C=O) groups is 1. The number of hydrogen-bond acceptors (Lipinski definition) is 2. The van der Waals surface area contributed by atoms with Crippen LogP contribution in [0.2, 0.25) is 0 Å². The van der Waals surface area contributed by atoms with Crippen molar-refractivity contribution >= 4 is 6.47 Å². The van der Waals surface area contributed by atoms with Crippen LogP contribution in [0.1, 0.15) is 20.3 Å². The van der Waals surface area contributed by atoms with E-state index in [1.807, 2.05) is 13.8 Å². The van der Waals surface area contributed by atoms with Gasteiger partial charge in [-0.3, -0.25) is 4.79 Å². The molecule has 46 valence electrons. The van der Waals surface area contributed by atoms with Gasteiger partial charge in [0, 0.05) is 0 Å². The third-order valence-electron chi connectivity index (χ3n) is 0.882. The average Bonchev–Trinajstić information content (AvgIpc) is 1.83. The van der Waals surface area contributed by atoms with Crippen molar-refractivity contribution in [3.8, 4) is 0 Å². The molecule has 0 radical (unpaired) electrons. The van der Waals surface area contributed by atoms with Crippen molar-refractivity contribution in [2.24, 2.45) is 0 Å². The third kappa shape index (κ3) is 3.40. The molecule has 0 aliphatic carbocycles. The Bertz CT molecular complexity index is 94.7. The van der Waals surface area contributed by atoms with E-state index in [2.05, 4.69) is 4.74 Å². The number of hydrogen-bond donors (Lipinski definition) is 0. The molecule has 0 atom stereocenters.